The number of anilines is 1. The van der Waals surface area contributed by atoms with Crippen LogP contribution in [0.1, 0.15) is 49.1 Å². The van der Waals surface area contributed by atoms with Gasteiger partial charge in [0.25, 0.3) is 0 Å². The van der Waals surface area contributed by atoms with Crippen molar-refractivity contribution in [2.45, 2.75) is 57.8 Å². The maximum atomic E-state index is 9.49. The fourth-order valence-electron chi connectivity index (χ4n) is 3.73. The van der Waals surface area contributed by atoms with Crippen LogP contribution in [0.25, 0.3) is 0 Å². The summed E-state index contributed by atoms with van der Waals surface area (Å²) in [4.78, 5) is 8.21. The van der Waals surface area contributed by atoms with Crippen molar-refractivity contribution in [3.05, 3.63) is 10.6 Å². The lowest BCUT2D eigenvalue weighted by molar-refractivity contribution is 0.178. The molecule has 0 spiro atoms. The molecule has 3 rings (SSSR count). The molecule has 1 aromatic heterocycles. The van der Waals surface area contributed by atoms with Crippen LogP contribution in [-0.2, 0) is 18.0 Å². The van der Waals surface area contributed by atoms with Crippen molar-refractivity contribution in [3.8, 4) is 0 Å². The fraction of sp³-hybridized carbons (Fsp3) is 0.800. The largest absolute Gasteiger partial charge is 0.391 e. The van der Waals surface area contributed by atoms with Gasteiger partial charge in [0.1, 0.15) is 0 Å². The topological polar surface area (TPSA) is 45.6 Å². The van der Waals surface area contributed by atoms with Crippen LogP contribution in [0.5, 0.6) is 0 Å². The number of thiazole rings is 1. The van der Waals surface area contributed by atoms with Gasteiger partial charge in [0, 0.05) is 19.7 Å². The molecule has 2 aliphatic rings. The van der Waals surface area contributed by atoms with Crippen LogP contribution < -0.4 is 4.90 Å². The summed E-state index contributed by atoms with van der Waals surface area (Å²) >= 11 is 1.65. The highest BCUT2D eigenvalue weighted by molar-refractivity contribution is 7.15. The van der Waals surface area contributed by atoms with E-state index < -0.39 is 0 Å². The Morgan fingerprint density at radius 2 is 2.10 bits per heavy atom. The summed E-state index contributed by atoms with van der Waals surface area (Å²) < 4.78 is 5.19. The van der Waals surface area contributed by atoms with E-state index in [-0.39, 0.29) is 6.61 Å². The minimum Gasteiger partial charge on any atom is -0.391 e. The first-order valence-corrected chi connectivity index (χ1v) is 8.50. The molecule has 112 valence electrons. The molecule has 2 unspecified atom stereocenters. The lowest BCUT2D eigenvalue weighted by Gasteiger charge is -2.44. The number of aromatic nitrogens is 1. The van der Waals surface area contributed by atoms with Crippen LogP contribution >= 0.6 is 11.3 Å². The van der Waals surface area contributed by atoms with E-state index in [4.69, 9.17) is 9.72 Å². The second-order valence-corrected chi connectivity index (χ2v) is 6.97. The Morgan fingerprint density at radius 1 is 1.30 bits per heavy atom. The van der Waals surface area contributed by atoms with Crippen LogP contribution in [0.3, 0.4) is 0 Å². The molecule has 2 heterocycles. The number of aliphatic hydroxyl groups excluding tert-OH is 1. The van der Waals surface area contributed by atoms with Crippen LogP contribution in [0, 0.1) is 5.92 Å². The second-order valence-electron chi connectivity index (χ2n) is 5.90. The molecule has 5 heteroatoms. The van der Waals surface area contributed by atoms with E-state index in [1.807, 2.05) is 0 Å². The maximum Gasteiger partial charge on any atom is 0.186 e. The molecular formula is C15H24N2O2S. The summed E-state index contributed by atoms with van der Waals surface area (Å²) in [6.07, 6.45) is 8.08. The van der Waals surface area contributed by atoms with E-state index in [0.717, 1.165) is 28.2 Å². The van der Waals surface area contributed by atoms with Crippen LogP contribution in [-0.4, -0.2) is 29.8 Å². The van der Waals surface area contributed by atoms with E-state index >= 15 is 0 Å². The van der Waals surface area contributed by atoms with Crippen LogP contribution in [0.15, 0.2) is 0 Å². The summed E-state index contributed by atoms with van der Waals surface area (Å²) in [7, 11) is 1.68. The fourth-order valence-corrected chi connectivity index (χ4v) is 4.73. The van der Waals surface area contributed by atoms with E-state index in [2.05, 4.69) is 4.90 Å². The van der Waals surface area contributed by atoms with Crippen molar-refractivity contribution in [1.29, 1.82) is 0 Å². The number of methoxy groups -OCH3 is 1. The molecule has 0 bridgehead atoms. The predicted octanol–water partition coefficient (Wildman–Crippen LogP) is 2.94. The zero-order chi connectivity index (χ0) is 13.9. The molecule has 2 atom stereocenters. The first kappa shape index (κ1) is 14.3. The highest BCUT2D eigenvalue weighted by atomic mass is 32.1. The first-order chi connectivity index (χ1) is 9.83. The number of ether oxygens (including phenoxy) is 1. The number of piperidine rings is 1. The molecule has 1 N–H and O–H groups in total. The Balaban J connectivity index is 1.83. The van der Waals surface area contributed by atoms with Gasteiger partial charge in [-0.05, 0) is 31.6 Å². The first-order valence-electron chi connectivity index (χ1n) is 7.68. The van der Waals surface area contributed by atoms with Gasteiger partial charge in [0.15, 0.2) is 5.13 Å². The minimum atomic E-state index is 0.0678. The average molecular weight is 296 g/mol. The third-order valence-electron chi connectivity index (χ3n) is 4.68. The van der Waals surface area contributed by atoms with Crippen molar-refractivity contribution in [3.63, 3.8) is 0 Å². The van der Waals surface area contributed by atoms with Gasteiger partial charge in [-0.3, -0.25) is 0 Å². The Hall–Kier alpha value is -0.650. The molecule has 1 saturated heterocycles. The summed E-state index contributed by atoms with van der Waals surface area (Å²) in [5.74, 6) is 0.852. The molecule has 1 saturated carbocycles. The minimum absolute atomic E-state index is 0.0678. The molecule has 1 aliphatic heterocycles. The van der Waals surface area contributed by atoms with Gasteiger partial charge in [-0.15, -0.1) is 0 Å². The van der Waals surface area contributed by atoms with Crippen molar-refractivity contribution in [1.82, 2.24) is 4.98 Å². The van der Waals surface area contributed by atoms with E-state index in [0.29, 0.717) is 12.6 Å². The van der Waals surface area contributed by atoms with Crippen LogP contribution in [0.2, 0.25) is 0 Å². The van der Waals surface area contributed by atoms with E-state index in [1.54, 1.807) is 18.4 Å². The number of hydrogen-bond donors (Lipinski definition) is 1. The van der Waals surface area contributed by atoms with Gasteiger partial charge in [0.2, 0.25) is 0 Å². The third-order valence-corrected chi connectivity index (χ3v) is 5.80. The lowest BCUT2D eigenvalue weighted by Crippen LogP contribution is -2.46. The number of aliphatic hydroxyl groups is 1. The number of fused-ring (bicyclic) bond motifs is 1. The number of hydrogen-bond acceptors (Lipinski definition) is 5. The lowest BCUT2D eigenvalue weighted by atomic mass is 9.78. The zero-order valence-corrected chi connectivity index (χ0v) is 13.0. The summed E-state index contributed by atoms with van der Waals surface area (Å²) in [5.41, 5.74) is 0.910. The van der Waals surface area contributed by atoms with Crippen molar-refractivity contribution in [2.24, 2.45) is 5.92 Å². The highest BCUT2D eigenvalue weighted by Gasteiger charge is 2.34. The summed E-state index contributed by atoms with van der Waals surface area (Å²) in [6, 6.07) is 0.672. The Labute approximate surface area is 124 Å². The molecule has 0 radical (unpaired) electrons. The molecule has 4 nitrogen and oxygen atoms in total. The summed E-state index contributed by atoms with van der Waals surface area (Å²) in [5, 5.41) is 10.6. The SMILES string of the molecule is COCc1nc(N2CCCC3CCCCC32)sc1CO. The number of nitrogens with zero attached hydrogens (tertiary/aromatic N) is 2. The van der Waals surface area contributed by atoms with Crippen molar-refractivity contribution in [2.75, 3.05) is 18.6 Å². The zero-order valence-electron chi connectivity index (χ0n) is 12.2. The monoisotopic (exact) mass is 296 g/mol. The highest BCUT2D eigenvalue weighted by Crippen LogP contribution is 2.39. The molecular weight excluding hydrogens is 272 g/mol. The molecule has 1 aromatic rings. The van der Waals surface area contributed by atoms with Gasteiger partial charge in [-0.2, -0.15) is 0 Å². The third kappa shape index (κ3) is 2.71. The molecule has 20 heavy (non-hydrogen) atoms. The van der Waals surface area contributed by atoms with E-state index in [9.17, 15) is 5.11 Å². The van der Waals surface area contributed by atoms with E-state index in [1.165, 1.54) is 38.5 Å². The standard InChI is InChI=1S/C15H24N2O2S/c1-19-10-12-14(9-18)20-15(16-12)17-8-4-6-11-5-2-3-7-13(11)17/h11,13,18H,2-10H2,1H3. The molecule has 0 amide bonds. The predicted molar refractivity (Wildman–Crippen MR) is 81.1 cm³/mol. The Morgan fingerprint density at radius 3 is 2.90 bits per heavy atom. The molecule has 0 aromatic carbocycles. The molecule has 1 aliphatic carbocycles. The van der Waals surface area contributed by atoms with Gasteiger partial charge in [-0.25, -0.2) is 4.98 Å². The Bertz CT molecular complexity index is 447. The average Bonchev–Trinajstić information content (AvgIpc) is 2.90. The van der Waals surface area contributed by atoms with Gasteiger partial charge < -0.3 is 14.7 Å². The van der Waals surface area contributed by atoms with Gasteiger partial charge in [0.05, 0.1) is 23.8 Å². The molecule has 2 fully saturated rings. The smallest absolute Gasteiger partial charge is 0.186 e. The van der Waals surface area contributed by atoms with Crippen molar-refractivity contribution >= 4 is 16.5 Å². The maximum absolute atomic E-state index is 9.49. The van der Waals surface area contributed by atoms with Crippen molar-refractivity contribution < 1.29 is 9.84 Å². The second kappa shape index (κ2) is 6.41. The van der Waals surface area contributed by atoms with Gasteiger partial charge >= 0.3 is 0 Å². The summed E-state index contributed by atoms with van der Waals surface area (Å²) in [6.45, 7) is 1.68. The Kier molecular flexibility index (Phi) is 4.58. The van der Waals surface area contributed by atoms with Gasteiger partial charge in [-0.1, -0.05) is 24.2 Å². The number of rotatable bonds is 4. The van der Waals surface area contributed by atoms with Crippen LogP contribution in [0.4, 0.5) is 5.13 Å². The quantitative estimate of drug-likeness (QED) is 0.928. The normalized spacial score (nSPS) is 26.6.